The van der Waals surface area contributed by atoms with Crippen molar-refractivity contribution in [1.29, 1.82) is 0 Å². The normalized spacial score (nSPS) is 22.6. The predicted molar refractivity (Wildman–Crippen MR) is 121 cm³/mol. The molecule has 2 aliphatic rings. The van der Waals surface area contributed by atoms with Crippen molar-refractivity contribution in [2.24, 2.45) is 0 Å². The molecule has 32 heavy (non-hydrogen) atoms. The van der Waals surface area contributed by atoms with Crippen molar-refractivity contribution >= 4 is 21.6 Å². The Morgan fingerprint density at radius 1 is 1.28 bits per heavy atom. The van der Waals surface area contributed by atoms with E-state index in [1.54, 1.807) is 6.07 Å². The highest BCUT2D eigenvalue weighted by Crippen LogP contribution is 2.30. The first-order valence-corrected chi connectivity index (χ1v) is 12.5. The first-order valence-electron chi connectivity index (χ1n) is 11.0. The summed E-state index contributed by atoms with van der Waals surface area (Å²) in [7, 11) is -3.70. The van der Waals surface area contributed by atoms with E-state index in [0.29, 0.717) is 50.8 Å². The highest BCUT2D eigenvalue weighted by molar-refractivity contribution is 7.89. The first-order chi connectivity index (χ1) is 15.0. The van der Waals surface area contributed by atoms with Gasteiger partial charge in [-0.1, -0.05) is 0 Å². The fraction of sp³-hybridized carbons (Fsp3) is 0.682. The Labute approximate surface area is 191 Å². The van der Waals surface area contributed by atoms with Crippen LogP contribution < -0.4 is 10.1 Å². The van der Waals surface area contributed by atoms with Crippen molar-refractivity contribution in [3.05, 3.63) is 18.2 Å². The fourth-order valence-corrected chi connectivity index (χ4v) is 5.59. The van der Waals surface area contributed by atoms with Gasteiger partial charge >= 0.3 is 0 Å². The molecule has 2 heterocycles. The molecule has 0 saturated carbocycles. The van der Waals surface area contributed by atoms with Crippen LogP contribution in [0.25, 0.3) is 0 Å². The number of anilines is 1. The van der Waals surface area contributed by atoms with Crippen LogP contribution in [0.3, 0.4) is 0 Å². The van der Waals surface area contributed by atoms with Crippen molar-refractivity contribution < 1.29 is 27.4 Å². The summed E-state index contributed by atoms with van der Waals surface area (Å²) < 4.78 is 44.6. The lowest BCUT2D eigenvalue weighted by Crippen LogP contribution is -2.53. The van der Waals surface area contributed by atoms with Crippen LogP contribution in [-0.4, -0.2) is 87.3 Å². The minimum atomic E-state index is -3.70. The number of amides is 1. The lowest BCUT2D eigenvalue weighted by atomic mass is 10.1. The zero-order chi connectivity index (χ0) is 23.5. The van der Waals surface area contributed by atoms with E-state index in [0.717, 1.165) is 0 Å². The topological polar surface area (TPSA) is 97.4 Å². The van der Waals surface area contributed by atoms with Gasteiger partial charge in [0.1, 0.15) is 5.75 Å². The molecule has 1 aromatic carbocycles. The second kappa shape index (κ2) is 10.0. The molecule has 3 rings (SSSR count). The van der Waals surface area contributed by atoms with Crippen LogP contribution in [0.15, 0.2) is 23.1 Å². The van der Waals surface area contributed by atoms with Crippen molar-refractivity contribution in [2.75, 3.05) is 51.3 Å². The van der Waals surface area contributed by atoms with Crippen molar-refractivity contribution in [2.45, 2.75) is 57.3 Å². The molecule has 2 fully saturated rings. The van der Waals surface area contributed by atoms with Crippen LogP contribution in [-0.2, 0) is 24.3 Å². The van der Waals surface area contributed by atoms with Gasteiger partial charge < -0.3 is 19.5 Å². The molecule has 0 aromatic heterocycles. The molecule has 0 spiro atoms. The third-order valence-corrected chi connectivity index (χ3v) is 7.10. The summed E-state index contributed by atoms with van der Waals surface area (Å²) in [5.41, 5.74) is 0.00864. The predicted octanol–water partition coefficient (Wildman–Crippen LogP) is 1.93. The van der Waals surface area contributed by atoms with Gasteiger partial charge in [-0.05, 0) is 52.8 Å². The Morgan fingerprint density at radius 3 is 2.59 bits per heavy atom. The Balaban J connectivity index is 1.80. The van der Waals surface area contributed by atoms with Crippen LogP contribution in [0.1, 0.15) is 34.6 Å². The van der Waals surface area contributed by atoms with Gasteiger partial charge in [-0.3, -0.25) is 9.69 Å². The van der Waals surface area contributed by atoms with Gasteiger partial charge in [-0.2, -0.15) is 4.31 Å². The molecule has 2 saturated heterocycles. The van der Waals surface area contributed by atoms with Gasteiger partial charge in [0.05, 0.1) is 48.2 Å². The van der Waals surface area contributed by atoms with Crippen molar-refractivity contribution in [3.8, 4) is 5.75 Å². The SMILES string of the molecule is CC(C)Oc1ccc(S(=O)(=O)N2CCOCC2)cc1NC(=O)CN1CC(C)OC(C)(C)C1. The average molecular weight is 470 g/mol. The molecular weight excluding hydrogens is 434 g/mol. The maximum atomic E-state index is 13.1. The van der Waals surface area contributed by atoms with Gasteiger partial charge in [0, 0.05) is 26.2 Å². The summed E-state index contributed by atoms with van der Waals surface area (Å²) in [6.07, 6.45) is -0.110. The summed E-state index contributed by atoms with van der Waals surface area (Å²) in [5.74, 6) is 0.203. The van der Waals surface area contributed by atoms with Crippen LogP contribution in [0.5, 0.6) is 5.75 Å². The van der Waals surface area contributed by atoms with Crippen molar-refractivity contribution in [3.63, 3.8) is 0 Å². The molecule has 1 unspecified atom stereocenters. The van der Waals surface area contributed by atoms with Gasteiger partial charge in [-0.15, -0.1) is 0 Å². The van der Waals surface area contributed by atoms with E-state index in [-0.39, 0.29) is 35.2 Å². The molecule has 2 aliphatic heterocycles. The highest BCUT2D eigenvalue weighted by Gasteiger charge is 2.32. The third kappa shape index (κ3) is 6.41. The van der Waals surface area contributed by atoms with E-state index < -0.39 is 10.0 Å². The quantitative estimate of drug-likeness (QED) is 0.652. The third-order valence-electron chi connectivity index (χ3n) is 5.20. The summed E-state index contributed by atoms with van der Waals surface area (Å²) in [5, 5.41) is 2.87. The van der Waals surface area contributed by atoms with Crippen LogP contribution >= 0.6 is 0 Å². The van der Waals surface area contributed by atoms with Crippen LogP contribution in [0.2, 0.25) is 0 Å². The zero-order valence-corrected chi connectivity index (χ0v) is 20.4. The molecule has 1 atom stereocenters. The summed E-state index contributed by atoms with van der Waals surface area (Å²) in [6, 6.07) is 4.60. The largest absolute Gasteiger partial charge is 0.489 e. The smallest absolute Gasteiger partial charge is 0.243 e. The first kappa shape index (κ1) is 24.9. The van der Waals surface area contributed by atoms with E-state index in [9.17, 15) is 13.2 Å². The van der Waals surface area contributed by atoms with Gasteiger partial charge in [0.2, 0.25) is 15.9 Å². The van der Waals surface area contributed by atoms with E-state index >= 15 is 0 Å². The number of carbonyl (C=O) groups excluding carboxylic acids is 1. The Bertz CT molecular complexity index is 912. The standard InChI is InChI=1S/C22H35N3O6S/c1-16(2)30-20-7-6-18(32(27,28)25-8-10-29-11-9-25)12-19(20)23-21(26)14-24-13-17(3)31-22(4,5)15-24/h6-7,12,16-17H,8-11,13-15H2,1-5H3,(H,23,26). The number of nitrogens with one attached hydrogen (secondary N) is 1. The molecule has 0 bridgehead atoms. The van der Waals surface area contributed by atoms with E-state index in [1.807, 2.05) is 39.5 Å². The molecule has 1 N–H and O–H groups in total. The lowest BCUT2D eigenvalue weighted by Gasteiger charge is -2.41. The summed E-state index contributed by atoms with van der Waals surface area (Å²) in [6.45, 7) is 12.5. The number of benzene rings is 1. The Morgan fingerprint density at radius 2 is 1.97 bits per heavy atom. The molecule has 9 nitrogen and oxygen atoms in total. The fourth-order valence-electron chi connectivity index (χ4n) is 4.16. The molecule has 0 radical (unpaired) electrons. The second-order valence-corrected chi connectivity index (χ2v) is 11.2. The lowest BCUT2D eigenvalue weighted by molar-refractivity contribution is -0.136. The maximum Gasteiger partial charge on any atom is 0.243 e. The average Bonchev–Trinajstić information content (AvgIpc) is 2.67. The number of rotatable bonds is 7. The van der Waals surface area contributed by atoms with Gasteiger partial charge in [0.25, 0.3) is 0 Å². The van der Waals surface area contributed by atoms with E-state index in [2.05, 4.69) is 5.32 Å². The van der Waals surface area contributed by atoms with E-state index in [4.69, 9.17) is 14.2 Å². The molecule has 1 amide bonds. The zero-order valence-electron chi connectivity index (χ0n) is 19.6. The number of nitrogens with zero attached hydrogens (tertiary/aromatic N) is 2. The summed E-state index contributed by atoms with van der Waals surface area (Å²) in [4.78, 5) is 15.0. The number of hydrogen-bond acceptors (Lipinski definition) is 7. The minimum absolute atomic E-state index is 0.0216. The Hall–Kier alpha value is -1.72. The Kier molecular flexibility index (Phi) is 7.82. The monoisotopic (exact) mass is 469 g/mol. The number of carbonyl (C=O) groups is 1. The van der Waals surface area contributed by atoms with Crippen LogP contribution in [0.4, 0.5) is 5.69 Å². The number of morpholine rings is 2. The molecule has 10 heteroatoms. The second-order valence-electron chi connectivity index (χ2n) is 9.25. The number of hydrogen-bond donors (Lipinski definition) is 1. The molecule has 0 aliphatic carbocycles. The molecule has 180 valence electrons. The highest BCUT2D eigenvalue weighted by atomic mass is 32.2. The minimum Gasteiger partial charge on any atom is -0.489 e. The maximum absolute atomic E-state index is 13.1. The van der Waals surface area contributed by atoms with Gasteiger partial charge in [0.15, 0.2) is 0 Å². The molecule has 1 aromatic rings. The molecular formula is C22H35N3O6S. The number of sulfonamides is 1. The van der Waals surface area contributed by atoms with Crippen molar-refractivity contribution in [1.82, 2.24) is 9.21 Å². The summed E-state index contributed by atoms with van der Waals surface area (Å²) >= 11 is 0. The van der Waals surface area contributed by atoms with E-state index in [1.165, 1.54) is 16.4 Å². The number of ether oxygens (including phenoxy) is 3. The van der Waals surface area contributed by atoms with Gasteiger partial charge in [-0.25, -0.2) is 8.42 Å². The van der Waals surface area contributed by atoms with Crippen LogP contribution in [0, 0.1) is 0 Å².